The minimum Gasteiger partial charge on any atom is -0.387 e. The van der Waals surface area contributed by atoms with E-state index in [0.29, 0.717) is 0 Å². The van der Waals surface area contributed by atoms with E-state index in [9.17, 15) is 15.3 Å². The summed E-state index contributed by atoms with van der Waals surface area (Å²) in [4.78, 5) is 3.73. The molecule has 1 aliphatic rings. The molecule has 2 heterocycles. The van der Waals surface area contributed by atoms with E-state index >= 15 is 0 Å². The molecular weight excluding hydrogens is 448 g/mol. The van der Waals surface area contributed by atoms with Gasteiger partial charge in [0.1, 0.15) is 29.9 Å². The molecule has 0 amide bonds. The molecule has 5 atom stereocenters. The summed E-state index contributed by atoms with van der Waals surface area (Å²) in [6, 6.07) is 18.8. The Hall–Kier alpha value is -1.32. The van der Waals surface area contributed by atoms with Crippen molar-refractivity contribution in [1.82, 2.24) is 0 Å². The van der Waals surface area contributed by atoms with Gasteiger partial charge in [-0.3, -0.25) is 0 Å². The predicted octanol–water partition coefficient (Wildman–Crippen LogP) is 4.45. The Morgan fingerprint density at radius 1 is 0.968 bits per heavy atom. The van der Waals surface area contributed by atoms with Crippen molar-refractivity contribution in [3.05, 3.63) is 76.2 Å². The summed E-state index contributed by atoms with van der Waals surface area (Å²) >= 11 is 7.71. The maximum atomic E-state index is 10.4. The number of aryl methyl sites for hydroxylation is 1. The van der Waals surface area contributed by atoms with Gasteiger partial charge in [0, 0.05) is 21.1 Å². The highest BCUT2D eigenvalue weighted by molar-refractivity contribution is 7.98. The van der Waals surface area contributed by atoms with Crippen molar-refractivity contribution in [3.8, 4) is 10.4 Å². The first-order chi connectivity index (χ1) is 14.9. The van der Waals surface area contributed by atoms with Gasteiger partial charge in [-0.05, 0) is 59.7 Å². The molecule has 0 aliphatic carbocycles. The van der Waals surface area contributed by atoms with Gasteiger partial charge in [-0.15, -0.1) is 35.7 Å². The summed E-state index contributed by atoms with van der Waals surface area (Å²) in [6.45, 7) is 2.06. The third-order valence-electron chi connectivity index (χ3n) is 5.69. The van der Waals surface area contributed by atoms with Crippen LogP contribution >= 0.6 is 35.7 Å². The lowest BCUT2D eigenvalue weighted by Crippen LogP contribution is -2.52. The number of rotatable bonds is 5. The summed E-state index contributed by atoms with van der Waals surface area (Å²) in [6.07, 6.45) is -1.64. The molecule has 1 fully saturated rings. The van der Waals surface area contributed by atoms with E-state index in [2.05, 4.69) is 62.2 Å². The molecule has 0 bridgehead atoms. The van der Waals surface area contributed by atoms with E-state index in [1.165, 1.54) is 20.2 Å². The van der Waals surface area contributed by atoms with Crippen LogP contribution in [-0.2, 0) is 11.2 Å². The van der Waals surface area contributed by atoms with Crippen molar-refractivity contribution in [1.29, 1.82) is 0 Å². The molecule has 3 N–H and O–H groups in total. The zero-order chi connectivity index (χ0) is 22.1. The Bertz CT molecular complexity index is 1030. The SMILES string of the molecule is CSc1ccc(-c2ccc(Cc3cc(C4O[C@H](S)[C@@H](O)[C@H](O)[C@H]4O)ccc3C)s2)cc1. The number of thiol groups is 1. The van der Waals surface area contributed by atoms with Crippen LogP contribution in [0.1, 0.15) is 27.7 Å². The molecule has 2 aromatic carbocycles. The molecule has 0 spiro atoms. The van der Waals surface area contributed by atoms with Crippen LogP contribution in [-0.4, -0.2) is 45.3 Å². The maximum absolute atomic E-state index is 10.4. The smallest absolute Gasteiger partial charge is 0.129 e. The van der Waals surface area contributed by atoms with Crippen LogP contribution in [0.3, 0.4) is 0 Å². The highest BCUT2D eigenvalue weighted by atomic mass is 32.2. The quantitative estimate of drug-likeness (QED) is 0.325. The van der Waals surface area contributed by atoms with Crippen LogP contribution in [0.5, 0.6) is 0 Å². The molecule has 31 heavy (non-hydrogen) atoms. The molecule has 3 aromatic rings. The van der Waals surface area contributed by atoms with E-state index in [1.54, 1.807) is 23.1 Å². The number of ether oxygens (including phenoxy) is 1. The summed E-state index contributed by atoms with van der Waals surface area (Å²) in [7, 11) is 0. The van der Waals surface area contributed by atoms with Crippen LogP contribution in [0.4, 0.5) is 0 Å². The van der Waals surface area contributed by atoms with Crippen molar-refractivity contribution in [3.63, 3.8) is 0 Å². The van der Waals surface area contributed by atoms with Gasteiger partial charge in [0.2, 0.25) is 0 Å². The average Bonchev–Trinajstić information content (AvgIpc) is 3.25. The lowest BCUT2D eigenvalue weighted by molar-refractivity contribution is -0.199. The first-order valence-corrected chi connectivity index (χ1v) is 12.6. The van der Waals surface area contributed by atoms with E-state index < -0.39 is 29.9 Å². The number of thioether (sulfide) groups is 1. The molecule has 164 valence electrons. The Morgan fingerprint density at radius 2 is 1.71 bits per heavy atom. The second-order valence-electron chi connectivity index (χ2n) is 7.78. The van der Waals surface area contributed by atoms with Gasteiger partial charge in [0.15, 0.2) is 0 Å². The second-order valence-corrected chi connectivity index (χ2v) is 10.3. The van der Waals surface area contributed by atoms with Gasteiger partial charge in [-0.2, -0.15) is 0 Å². The fraction of sp³-hybridized carbons (Fsp3) is 0.333. The van der Waals surface area contributed by atoms with Gasteiger partial charge in [0.25, 0.3) is 0 Å². The number of hydrogen-bond donors (Lipinski definition) is 4. The lowest BCUT2D eigenvalue weighted by atomic mass is 9.92. The molecule has 0 saturated carbocycles. The summed E-state index contributed by atoms with van der Waals surface area (Å²) in [5, 5.41) is 30.4. The number of aliphatic hydroxyl groups excluding tert-OH is 3. The van der Waals surface area contributed by atoms with Gasteiger partial charge < -0.3 is 20.1 Å². The van der Waals surface area contributed by atoms with Crippen molar-refractivity contribution >= 4 is 35.7 Å². The Labute approximate surface area is 196 Å². The third-order valence-corrected chi connectivity index (χ3v) is 8.00. The summed E-state index contributed by atoms with van der Waals surface area (Å²) < 4.78 is 5.70. The fourth-order valence-electron chi connectivity index (χ4n) is 3.77. The molecular formula is C24H26O4S3. The van der Waals surface area contributed by atoms with Crippen LogP contribution in [0.15, 0.2) is 59.5 Å². The zero-order valence-electron chi connectivity index (χ0n) is 17.3. The number of aliphatic hydroxyl groups is 3. The van der Waals surface area contributed by atoms with Crippen molar-refractivity contribution in [2.75, 3.05) is 6.26 Å². The van der Waals surface area contributed by atoms with E-state index in [4.69, 9.17) is 4.74 Å². The average molecular weight is 475 g/mol. The Balaban J connectivity index is 1.55. The lowest BCUT2D eigenvalue weighted by Gasteiger charge is -2.39. The Kier molecular flexibility index (Phi) is 7.13. The zero-order valence-corrected chi connectivity index (χ0v) is 19.8. The largest absolute Gasteiger partial charge is 0.387 e. The van der Waals surface area contributed by atoms with Crippen LogP contribution < -0.4 is 0 Å². The van der Waals surface area contributed by atoms with E-state index in [1.807, 2.05) is 18.2 Å². The van der Waals surface area contributed by atoms with Crippen LogP contribution in [0, 0.1) is 6.92 Å². The topological polar surface area (TPSA) is 69.9 Å². The first kappa shape index (κ1) is 22.9. The number of hydrogen-bond acceptors (Lipinski definition) is 7. The molecule has 1 aromatic heterocycles. The van der Waals surface area contributed by atoms with Crippen LogP contribution in [0.2, 0.25) is 0 Å². The minimum absolute atomic E-state index is 0.742. The minimum atomic E-state index is -1.30. The first-order valence-electron chi connectivity index (χ1n) is 10.1. The molecule has 4 nitrogen and oxygen atoms in total. The standard InChI is InChI=1S/C24H26O4S3/c1-13-3-4-15(23-21(26)20(25)22(27)24(29)28-23)11-16(13)12-18-9-10-19(31-18)14-5-7-17(30-2)8-6-14/h3-11,20-27,29H,12H2,1-2H3/t20-,21-,22+,23?,24-/m1/s1. The highest BCUT2D eigenvalue weighted by Crippen LogP contribution is 2.36. The molecule has 0 radical (unpaired) electrons. The maximum Gasteiger partial charge on any atom is 0.129 e. The van der Waals surface area contributed by atoms with Gasteiger partial charge in [-0.1, -0.05) is 30.3 Å². The summed E-state index contributed by atoms with van der Waals surface area (Å²) in [5.41, 5.74) is 3.41. The number of thiophene rings is 1. The van der Waals surface area contributed by atoms with Gasteiger partial charge in [0.05, 0.1) is 0 Å². The molecule has 1 aliphatic heterocycles. The Morgan fingerprint density at radius 3 is 2.42 bits per heavy atom. The number of benzene rings is 2. The molecule has 4 rings (SSSR count). The fourth-order valence-corrected chi connectivity index (χ4v) is 5.52. The van der Waals surface area contributed by atoms with E-state index in [-0.39, 0.29) is 0 Å². The monoisotopic (exact) mass is 474 g/mol. The third kappa shape index (κ3) is 4.88. The van der Waals surface area contributed by atoms with Gasteiger partial charge >= 0.3 is 0 Å². The molecule has 1 unspecified atom stereocenters. The predicted molar refractivity (Wildman–Crippen MR) is 130 cm³/mol. The molecule has 1 saturated heterocycles. The summed E-state index contributed by atoms with van der Waals surface area (Å²) in [5.74, 6) is 0. The van der Waals surface area contributed by atoms with Gasteiger partial charge in [-0.25, -0.2) is 0 Å². The van der Waals surface area contributed by atoms with Crippen molar-refractivity contribution in [2.45, 2.75) is 48.1 Å². The second kappa shape index (κ2) is 9.67. The normalized spacial score (nSPS) is 26.2. The van der Waals surface area contributed by atoms with Crippen molar-refractivity contribution < 1.29 is 20.1 Å². The van der Waals surface area contributed by atoms with Crippen molar-refractivity contribution in [2.24, 2.45) is 0 Å². The highest BCUT2D eigenvalue weighted by Gasteiger charge is 2.42. The molecule has 7 heteroatoms. The van der Waals surface area contributed by atoms with Crippen LogP contribution in [0.25, 0.3) is 10.4 Å². The van der Waals surface area contributed by atoms with E-state index in [0.717, 1.165) is 23.1 Å².